The third-order valence-electron chi connectivity index (χ3n) is 4.07. The fourth-order valence-corrected chi connectivity index (χ4v) is 2.92. The summed E-state index contributed by atoms with van der Waals surface area (Å²) < 4.78 is 10.5. The first kappa shape index (κ1) is 17.6. The molecule has 1 atom stereocenters. The van der Waals surface area contributed by atoms with Crippen molar-refractivity contribution in [1.29, 1.82) is 0 Å². The topological polar surface area (TPSA) is 77.5 Å². The Labute approximate surface area is 150 Å². The van der Waals surface area contributed by atoms with Crippen LogP contribution in [0.3, 0.4) is 0 Å². The smallest absolute Gasteiger partial charge is 0.340 e. The monoisotopic (exact) mass is 362 g/mol. The number of carbonyl (C=O) groups is 2. The fourth-order valence-electron chi connectivity index (χ4n) is 2.74. The van der Waals surface area contributed by atoms with Crippen molar-refractivity contribution in [2.24, 2.45) is 0 Å². The summed E-state index contributed by atoms with van der Waals surface area (Å²) in [5, 5.41) is 4.01. The number of nitrogens with one attached hydrogen (secondary N) is 1. The summed E-state index contributed by atoms with van der Waals surface area (Å²) in [6, 6.07) is 6.94. The number of carbonyl (C=O) groups excluding carboxylic acids is 2. The van der Waals surface area contributed by atoms with E-state index >= 15 is 0 Å². The Kier molecular flexibility index (Phi) is 5.50. The Bertz CT molecular complexity index is 803. The van der Waals surface area contributed by atoms with E-state index in [0.29, 0.717) is 22.8 Å². The number of hydrogen-bond acceptors (Lipinski definition) is 5. The van der Waals surface area contributed by atoms with Gasteiger partial charge in [0.25, 0.3) is 5.91 Å². The largest absolute Gasteiger partial charge is 0.452 e. The van der Waals surface area contributed by atoms with Crippen molar-refractivity contribution in [3.8, 4) is 0 Å². The minimum absolute atomic E-state index is 0.0522. The maximum Gasteiger partial charge on any atom is 0.340 e. The Morgan fingerprint density at radius 1 is 1.40 bits per heavy atom. The van der Waals surface area contributed by atoms with Gasteiger partial charge in [-0.25, -0.2) is 4.79 Å². The molecule has 3 rings (SSSR count). The molecule has 1 N–H and O–H groups in total. The normalized spacial score (nSPS) is 16.8. The molecule has 1 aromatic heterocycles. The third-order valence-corrected chi connectivity index (χ3v) is 4.31. The van der Waals surface area contributed by atoms with Crippen LogP contribution in [0.25, 0.3) is 10.9 Å². The first-order valence-electron chi connectivity index (χ1n) is 8.15. The van der Waals surface area contributed by atoms with Crippen molar-refractivity contribution in [2.45, 2.75) is 25.9 Å². The highest BCUT2D eigenvalue weighted by Gasteiger charge is 2.18. The van der Waals surface area contributed by atoms with Gasteiger partial charge in [0.15, 0.2) is 6.61 Å². The van der Waals surface area contributed by atoms with E-state index in [1.54, 1.807) is 31.2 Å². The number of ether oxygens (including phenoxy) is 2. The highest BCUT2D eigenvalue weighted by molar-refractivity contribution is 6.31. The molecule has 0 bridgehead atoms. The van der Waals surface area contributed by atoms with E-state index in [-0.39, 0.29) is 18.6 Å². The Balaban J connectivity index is 1.59. The van der Waals surface area contributed by atoms with E-state index in [1.807, 2.05) is 0 Å². The average molecular weight is 363 g/mol. The van der Waals surface area contributed by atoms with E-state index < -0.39 is 5.97 Å². The summed E-state index contributed by atoms with van der Waals surface area (Å²) in [6.07, 6.45) is 1.99. The number of nitrogens with zero attached hydrogens (tertiary/aromatic N) is 1. The van der Waals surface area contributed by atoms with Gasteiger partial charge in [-0.15, -0.1) is 0 Å². The zero-order chi connectivity index (χ0) is 17.8. The molecule has 1 fully saturated rings. The summed E-state index contributed by atoms with van der Waals surface area (Å²) in [5.74, 6) is -0.933. The number of amides is 1. The highest BCUT2D eigenvalue weighted by Crippen LogP contribution is 2.21. The quantitative estimate of drug-likeness (QED) is 0.827. The van der Waals surface area contributed by atoms with Crippen molar-refractivity contribution in [3.05, 3.63) is 40.5 Å². The maximum absolute atomic E-state index is 12.3. The third kappa shape index (κ3) is 4.46. The molecule has 132 valence electrons. The number of aryl methyl sites for hydroxylation is 1. The van der Waals surface area contributed by atoms with Crippen molar-refractivity contribution in [2.75, 3.05) is 19.8 Å². The van der Waals surface area contributed by atoms with Crippen molar-refractivity contribution in [3.63, 3.8) is 0 Å². The maximum atomic E-state index is 12.3. The molecule has 6 nitrogen and oxygen atoms in total. The lowest BCUT2D eigenvalue weighted by Crippen LogP contribution is -2.34. The molecule has 0 aliphatic carbocycles. The van der Waals surface area contributed by atoms with Crippen molar-refractivity contribution in [1.82, 2.24) is 10.3 Å². The summed E-state index contributed by atoms with van der Waals surface area (Å²) in [4.78, 5) is 28.4. The van der Waals surface area contributed by atoms with Gasteiger partial charge in [0, 0.05) is 23.6 Å². The van der Waals surface area contributed by atoms with Gasteiger partial charge in [-0.1, -0.05) is 11.6 Å². The van der Waals surface area contributed by atoms with E-state index in [1.165, 1.54) is 0 Å². The van der Waals surface area contributed by atoms with Crippen LogP contribution in [0.4, 0.5) is 0 Å². The lowest BCUT2D eigenvalue weighted by Gasteiger charge is -2.11. The molecule has 1 amide bonds. The molecule has 0 saturated carbocycles. The van der Waals surface area contributed by atoms with Crippen LogP contribution in [-0.2, 0) is 14.3 Å². The minimum Gasteiger partial charge on any atom is -0.452 e. The average Bonchev–Trinajstić information content (AvgIpc) is 3.11. The van der Waals surface area contributed by atoms with Crippen molar-refractivity contribution < 1.29 is 19.1 Å². The molecule has 7 heteroatoms. The molecular formula is C18H19ClN2O4. The van der Waals surface area contributed by atoms with Crippen LogP contribution in [0.1, 0.15) is 28.9 Å². The number of hydrogen-bond donors (Lipinski definition) is 1. The second kappa shape index (κ2) is 7.80. The van der Waals surface area contributed by atoms with Gasteiger partial charge >= 0.3 is 5.97 Å². The number of rotatable bonds is 5. The summed E-state index contributed by atoms with van der Waals surface area (Å²) in [7, 11) is 0. The van der Waals surface area contributed by atoms with Gasteiger partial charge in [0.1, 0.15) is 0 Å². The SMILES string of the molecule is Cc1nc2ccc(Cl)cc2cc1C(=O)OCC(=O)NCC1CCCO1. The molecule has 1 unspecified atom stereocenters. The highest BCUT2D eigenvalue weighted by atomic mass is 35.5. The molecule has 2 heterocycles. The van der Waals surface area contributed by atoms with Gasteiger partial charge < -0.3 is 14.8 Å². The number of esters is 1. The van der Waals surface area contributed by atoms with Crippen LogP contribution in [0.15, 0.2) is 24.3 Å². The minimum atomic E-state index is -0.584. The summed E-state index contributed by atoms with van der Waals surface area (Å²) in [6.45, 7) is 2.56. The van der Waals surface area contributed by atoms with Gasteiger partial charge in [0.05, 0.1) is 22.9 Å². The summed E-state index contributed by atoms with van der Waals surface area (Å²) in [5.41, 5.74) is 1.61. The van der Waals surface area contributed by atoms with Gasteiger partial charge in [-0.3, -0.25) is 9.78 Å². The molecule has 25 heavy (non-hydrogen) atoms. The zero-order valence-electron chi connectivity index (χ0n) is 13.9. The number of fused-ring (bicyclic) bond motifs is 1. The van der Waals surface area contributed by atoms with E-state index in [2.05, 4.69) is 10.3 Å². The molecule has 0 radical (unpaired) electrons. The van der Waals surface area contributed by atoms with Crippen LogP contribution in [0, 0.1) is 6.92 Å². The van der Waals surface area contributed by atoms with E-state index in [0.717, 1.165) is 30.4 Å². The lowest BCUT2D eigenvalue weighted by atomic mass is 10.1. The lowest BCUT2D eigenvalue weighted by molar-refractivity contribution is -0.124. The predicted molar refractivity (Wildman–Crippen MR) is 93.8 cm³/mol. The van der Waals surface area contributed by atoms with Gasteiger partial charge in [0.2, 0.25) is 0 Å². The Hall–Kier alpha value is -2.18. The van der Waals surface area contributed by atoms with Crippen LogP contribution in [-0.4, -0.2) is 42.7 Å². The second-order valence-corrected chi connectivity index (χ2v) is 6.41. The number of halogens is 1. The molecule has 2 aromatic rings. The molecular weight excluding hydrogens is 344 g/mol. The van der Waals surface area contributed by atoms with E-state index in [4.69, 9.17) is 21.1 Å². The van der Waals surface area contributed by atoms with Gasteiger partial charge in [-0.2, -0.15) is 0 Å². The number of aromatic nitrogens is 1. The first-order chi connectivity index (χ1) is 12.0. The van der Waals surface area contributed by atoms with Crippen LogP contribution < -0.4 is 5.32 Å². The molecule has 1 aliphatic rings. The van der Waals surface area contributed by atoms with Gasteiger partial charge in [-0.05, 0) is 44.0 Å². The fraction of sp³-hybridized carbons (Fsp3) is 0.389. The van der Waals surface area contributed by atoms with Crippen molar-refractivity contribution >= 4 is 34.4 Å². The molecule has 1 aromatic carbocycles. The van der Waals surface area contributed by atoms with Crippen LogP contribution in [0.2, 0.25) is 5.02 Å². The molecule has 0 spiro atoms. The van der Waals surface area contributed by atoms with Crippen LogP contribution >= 0.6 is 11.6 Å². The zero-order valence-corrected chi connectivity index (χ0v) is 14.6. The standard InChI is InChI=1S/C18H19ClN2O4/c1-11-15(8-12-7-13(19)4-5-16(12)21-11)18(23)25-10-17(22)20-9-14-3-2-6-24-14/h4-5,7-8,14H,2-3,6,9-10H2,1H3,(H,20,22). The van der Waals surface area contributed by atoms with E-state index in [9.17, 15) is 9.59 Å². The predicted octanol–water partition coefficient (Wildman–Crippen LogP) is 2.65. The number of benzene rings is 1. The Morgan fingerprint density at radius 2 is 2.24 bits per heavy atom. The first-order valence-corrected chi connectivity index (χ1v) is 8.53. The summed E-state index contributed by atoms with van der Waals surface area (Å²) >= 11 is 5.97. The molecule has 1 saturated heterocycles. The number of pyridine rings is 1. The van der Waals surface area contributed by atoms with Crippen LogP contribution in [0.5, 0.6) is 0 Å². The Morgan fingerprint density at radius 3 is 3.00 bits per heavy atom. The second-order valence-electron chi connectivity index (χ2n) is 5.97. The molecule has 1 aliphatic heterocycles.